The lowest BCUT2D eigenvalue weighted by Gasteiger charge is -2.13. The van der Waals surface area contributed by atoms with Gasteiger partial charge in [0.25, 0.3) is 5.69 Å². The molecule has 0 spiro atoms. The topological polar surface area (TPSA) is 89.5 Å². The summed E-state index contributed by atoms with van der Waals surface area (Å²) in [5, 5.41) is 21.1. The summed E-state index contributed by atoms with van der Waals surface area (Å²) in [5.74, 6) is 0. The van der Waals surface area contributed by atoms with E-state index < -0.39 is 11.0 Å². The smallest absolute Gasteiger partial charge is 0.269 e. The van der Waals surface area contributed by atoms with Crippen molar-refractivity contribution < 1.29 is 9.85 Å². The maximum absolute atomic E-state index is 10.6. The van der Waals surface area contributed by atoms with Crippen LogP contribution in [0.2, 0.25) is 0 Å². The second kappa shape index (κ2) is 5.09. The highest BCUT2D eigenvalue weighted by molar-refractivity contribution is 5.32. The van der Waals surface area contributed by atoms with Crippen LogP contribution in [0.1, 0.15) is 12.0 Å². The summed E-state index contributed by atoms with van der Waals surface area (Å²) >= 11 is 0. The Morgan fingerprint density at radius 2 is 1.89 bits per heavy atom. The van der Waals surface area contributed by atoms with E-state index in [1.807, 2.05) is 4.90 Å². The maximum Gasteiger partial charge on any atom is 0.269 e. The molecule has 18 heavy (non-hydrogen) atoms. The molecule has 1 atom stereocenters. The van der Waals surface area contributed by atoms with Crippen molar-refractivity contribution in [1.82, 2.24) is 4.90 Å². The molecule has 96 valence electrons. The molecule has 0 radical (unpaired) electrons. The van der Waals surface area contributed by atoms with Crippen LogP contribution in [0.3, 0.4) is 0 Å². The van der Waals surface area contributed by atoms with Crippen LogP contribution in [0.25, 0.3) is 0 Å². The van der Waals surface area contributed by atoms with Gasteiger partial charge in [-0.2, -0.15) is 0 Å². The van der Waals surface area contributed by atoms with E-state index in [9.17, 15) is 20.2 Å². The number of nitro benzene ring substituents is 1. The second-order valence-corrected chi connectivity index (χ2v) is 4.39. The van der Waals surface area contributed by atoms with Gasteiger partial charge in [-0.1, -0.05) is 12.1 Å². The fraction of sp³-hybridized carbons (Fsp3) is 0.455. The van der Waals surface area contributed by atoms with Gasteiger partial charge in [-0.15, -0.1) is 0 Å². The first-order valence-electron chi connectivity index (χ1n) is 5.65. The van der Waals surface area contributed by atoms with Crippen molar-refractivity contribution in [1.29, 1.82) is 0 Å². The lowest BCUT2D eigenvalue weighted by Crippen LogP contribution is -2.25. The fourth-order valence-corrected chi connectivity index (χ4v) is 2.11. The first-order chi connectivity index (χ1) is 8.56. The third-order valence-corrected chi connectivity index (χ3v) is 3.10. The predicted octanol–water partition coefficient (Wildman–Crippen LogP) is 1.45. The van der Waals surface area contributed by atoms with E-state index in [0.29, 0.717) is 26.1 Å². The Hall–Kier alpha value is -2.02. The number of non-ortho nitro benzene ring substituents is 1. The molecule has 1 aliphatic rings. The molecule has 0 unspecified atom stereocenters. The van der Waals surface area contributed by atoms with Crippen LogP contribution in [0.5, 0.6) is 0 Å². The van der Waals surface area contributed by atoms with Crippen molar-refractivity contribution in [3.63, 3.8) is 0 Å². The van der Waals surface area contributed by atoms with Gasteiger partial charge in [0, 0.05) is 36.6 Å². The standard InChI is InChI=1S/C11H13N3O4/c15-13(16)10-3-1-9(2-4-10)7-12-6-5-11(8-12)14(17)18/h1-4,11H,5-8H2/t11-/m1/s1. The minimum Gasteiger partial charge on any atom is -0.292 e. The van der Waals surface area contributed by atoms with Crippen molar-refractivity contribution >= 4 is 5.69 Å². The van der Waals surface area contributed by atoms with Gasteiger partial charge in [0.15, 0.2) is 0 Å². The highest BCUT2D eigenvalue weighted by atomic mass is 16.6. The maximum atomic E-state index is 10.6. The monoisotopic (exact) mass is 251 g/mol. The number of likely N-dealkylation sites (tertiary alicyclic amines) is 1. The lowest BCUT2D eigenvalue weighted by atomic mass is 10.2. The summed E-state index contributed by atoms with van der Waals surface area (Å²) in [5.41, 5.74) is 0.993. The van der Waals surface area contributed by atoms with Crippen LogP contribution < -0.4 is 0 Å². The zero-order valence-corrected chi connectivity index (χ0v) is 9.69. The average molecular weight is 251 g/mol. The number of hydrogen-bond donors (Lipinski definition) is 0. The summed E-state index contributed by atoms with van der Waals surface area (Å²) in [6.45, 7) is 1.74. The Balaban J connectivity index is 1.94. The molecular weight excluding hydrogens is 238 g/mol. The molecule has 0 bridgehead atoms. The fourth-order valence-electron chi connectivity index (χ4n) is 2.11. The van der Waals surface area contributed by atoms with Crippen LogP contribution in [0.4, 0.5) is 5.69 Å². The van der Waals surface area contributed by atoms with Gasteiger partial charge >= 0.3 is 0 Å². The van der Waals surface area contributed by atoms with E-state index >= 15 is 0 Å². The Morgan fingerprint density at radius 3 is 2.39 bits per heavy atom. The molecule has 1 heterocycles. The molecule has 0 saturated carbocycles. The van der Waals surface area contributed by atoms with E-state index in [1.165, 1.54) is 12.1 Å². The molecule has 0 aliphatic carbocycles. The van der Waals surface area contributed by atoms with Crippen molar-refractivity contribution in [3.8, 4) is 0 Å². The van der Waals surface area contributed by atoms with Crippen LogP contribution in [0.15, 0.2) is 24.3 Å². The zero-order chi connectivity index (χ0) is 13.1. The van der Waals surface area contributed by atoms with Gasteiger partial charge < -0.3 is 0 Å². The van der Waals surface area contributed by atoms with Gasteiger partial charge in [-0.25, -0.2) is 0 Å². The molecule has 1 aromatic carbocycles. The predicted molar refractivity (Wildman–Crippen MR) is 63.8 cm³/mol. The zero-order valence-electron chi connectivity index (χ0n) is 9.69. The van der Waals surface area contributed by atoms with Gasteiger partial charge in [0.05, 0.1) is 11.5 Å². The van der Waals surface area contributed by atoms with Gasteiger partial charge in [0.1, 0.15) is 0 Å². The summed E-state index contributed by atoms with van der Waals surface area (Å²) < 4.78 is 0. The van der Waals surface area contributed by atoms with E-state index in [1.54, 1.807) is 12.1 Å². The minimum absolute atomic E-state index is 0.0586. The largest absolute Gasteiger partial charge is 0.292 e. The van der Waals surface area contributed by atoms with Crippen molar-refractivity contribution in [2.75, 3.05) is 13.1 Å². The van der Waals surface area contributed by atoms with Gasteiger partial charge in [-0.3, -0.25) is 25.1 Å². The Morgan fingerprint density at radius 1 is 1.22 bits per heavy atom. The Kier molecular flexibility index (Phi) is 3.52. The average Bonchev–Trinajstić information content (AvgIpc) is 2.78. The van der Waals surface area contributed by atoms with Crippen LogP contribution in [-0.4, -0.2) is 33.9 Å². The summed E-state index contributed by atoms with van der Waals surface area (Å²) in [6.07, 6.45) is 0.569. The third-order valence-electron chi connectivity index (χ3n) is 3.10. The third kappa shape index (κ3) is 2.80. The van der Waals surface area contributed by atoms with Crippen molar-refractivity contribution in [2.24, 2.45) is 0 Å². The van der Waals surface area contributed by atoms with Crippen molar-refractivity contribution in [3.05, 3.63) is 50.1 Å². The molecule has 7 heteroatoms. The van der Waals surface area contributed by atoms with E-state index in [4.69, 9.17) is 0 Å². The summed E-state index contributed by atoms with van der Waals surface area (Å²) in [4.78, 5) is 22.4. The number of nitrogens with zero attached hydrogens (tertiary/aromatic N) is 3. The van der Waals surface area contributed by atoms with Gasteiger partial charge in [0.2, 0.25) is 6.04 Å². The number of hydrogen-bond acceptors (Lipinski definition) is 5. The Labute approximate surface area is 103 Å². The molecule has 0 amide bonds. The molecule has 1 fully saturated rings. The number of nitro groups is 2. The van der Waals surface area contributed by atoms with Crippen LogP contribution in [0, 0.1) is 20.2 Å². The number of benzene rings is 1. The molecule has 7 nitrogen and oxygen atoms in total. The van der Waals surface area contributed by atoms with Crippen LogP contribution in [-0.2, 0) is 6.54 Å². The quantitative estimate of drug-likeness (QED) is 0.596. The summed E-state index contributed by atoms with van der Waals surface area (Å²) in [7, 11) is 0. The van der Waals surface area contributed by atoms with E-state index in [0.717, 1.165) is 5.56 Å². The van der Waals surface area contributed by atoms with E-state index in [2.05, 4.69) is 0 Å². The van der Waals surface area contributed by atoms with Crippen molar-refractivity contribution in [2.45, 2.75) is 19.0 Å². The second-order valence-electron chi connectivity index (χ2n) is 4.39. The SMILES string of the molecule is O=[N+]([O-])c1ccc(CN2CC[C@@H]([N+](=O)[O-])C2)cc1. The lowest BCUT2D eigenvalue weighted by molar-refractivity contribution is -0.518. The minimum atomic E-state index is -0.483. The normalized spacial score (nSPS) is 19.9. The molecule has 0 N–H and O–H groups in total. The first-order valence-corrected chi connectivity index (χ1v) is 5.65. The highest BCUT2D eigenvalue weighted by Crippen LogP contribution is 2.17. The molecule has 1 aliphatic heterocycles. The van der Waals surface area contributed by atoms with Gasteiger partial charge in [-0.05, 0) is 5.56 Å². The summed E-state index contributed by atoms with van der Waals surface area (Å²) in [6, 6.07) is 5.81. The number of rotatable bonds is 4. The molecule has 1 saturated heterocycles. The highest BCUT2D eigenvalue weighted by Gasteiger charge is 2.30. The van der Waals surface area contributed by atoms with Crippen LogP contribution >= 0.6 is 0 Å². The first kappa shape index (κ1) is 12.4. The molecule has 1 aromatic rings. The van der Waals surface area contributed by atoms with E-state index in [-0.39, 0.29) is 10.6 Å². The molecule has 2 rings (SSSR count). The molecule has 0 aromatic heterocycles. The molecular formula is C11H13N3O4. The Bertz CT molecular complexity index is 460.